The molecule has 5 aromatic rings. The van der Waals surface area contributed by atoms with Gasteiger partial charge in [-0.15, -0.1) is 11.3 Å². The van der Waals surface area contributed by atoms with E-state index in [0.717, 1.165) is 16.0 Å². The van der Waals surface area contributed by atoms with Gasteiger partial charge in [-0.25, -0.2) is 8.78 Å². The van der Waals surface area contributed by atoms with Crippen LogP contribution < -0.4 is 10.7 Å². The van der Waals surface area contributed by atoms with Crippen LogP contribution in [0.5, 0.6) is 0 Å². The van der Waals surface area contributed by atoms with E-state index in [1.54, 1.807) is 37.5 Å². The lowest BCUT2D eigenvalue weighted by atomic mass is 9.99. The molecule has 47 heavy (non-hydrogen) atoms. The van der Waals surface area contributed by atoms with Crippen molar-refractivity contribution < 1.29 is 23.5 Å². The Hall–Kier alpha value is -4.51. The number of halogens is 2. The van der Waals surface area contributed by atoms with Gasteiger partial charge in [0.05, 0.1) is 30.0 Å². The average Bonchev–Trinajstić information content (AvgIpc) is 3.43. The maximum Gasteiger partial charge on any atom is 0.229 e. The summed E-state index contributed by atoms with van der Waals surface area (Å²) in [7, 11) is 1.94. The second kappa shape index (κ2) is 14.5. The highest BCUT2D eigenvalue weighted by molar-refractivity contribution is 7.22. The first-order valence-electron chi connectivity index (χ1n) is 15.4. The minimum atomic E-state index is -0.721. The molecule has 1 atom stereocenters. The Kier molecular flexibility index (Phi) is 10.4. The van der Waals surface area contributed by atoms with Gasteiger partial charge >= 0.3 is 0 Å². The summed E-state index contributed by atoms with van der Waals surface area (Å²) in [5, 5.41) is 12.5. The highest BCUT2D eigenvalue weighted by atomic mass is 32.1. The van der Waals surface area contributed by atoms with E-state index < -0.39 is 28.9 Å². The van der Waals surface area contributed by atoms with Gasteiger partial charge in [0.15, 0.2) is 5.78 Å². The number of nitrogens with one attached hydrogen (secondary N) is 1. The van der Waals surface area contributed by atoms with Gasteiger partial charge < -0.3 is 15.0 Å². The number of aliphatic hydroxyl groups is 1. The standard InChI is InChI=1S/C37H37F2N3O4S/c1-22(2)33(44)29-20-42(19-27-30(38)11-8-12-31(27)39)37-32(34(29)45)28(18-41(4)17-24-9-6-5-7-10-24)35(47-37)25-13-15-26(16-14-25)40-36(46)23(3)21-43/h5-16,20,22-23,43H,17-19,21H2,1-4H3,(H,40,46)/t23-/m1/s1. The Bertz CT molecular complexity index is 1950. The normalized spacial score (nSPS) is 12.2. The molecule has 0 radical (unpaired) electrons. The number of aliphatic hydroxyl groups excluding tert-OH is 1. The number of rotatable bonds is 12. The van der Waals surface area contributed by atoms with Crippen LogP contribution in [0.1, 0.15) is 47.8 Å². The molecule has 0 aliphatic rings. The van der Waals surface area contributed by atoms with Gasteiger partial charge in [0.25, 0.3) is 0 Å². The van der Waals surface area contributed by atoms with Crippen LogP contribution >= 0.6 is 11.3 Å². The van der Waals surface area contributed by atoms with Crippen molar-refractivity contribution in [2.75, 3.05) is 19.0 Å². The highest BCUT2D eigenvalue weighted by Crippen LogP contribution is 2.39. The maximum absolute atomic E-state index is 14.9. The second-order valence-electron chi connectivity index (χ2n) is 12.1. The molecule has 0 fully saturated rings. The van der Waals surface area contributed by atoms with Crippen molar-refractivity contribution in [2.24, 2.45) is 11.8 Å². The molecule has 0 aliphatic carbocycles. The number of benzene rings is 3. The van der Waals surface area contributed by atoms with Crippen LogP contribution in [0.2, 0.25) is 0 Å². The fourth-order valence-corrected chi connectivity index (χ4v) is 6.70. The summed E-state index contributed by atoms with van der Waals surface area (Å²) in [5.74, 6) is -3.16. The number of thiophene rings is 1. The van der Waals surface area contributed by atoms with Gasteiger partial charge in [-0.3, -0.25) is 19.3 Å². The molecule has 244 valence electrons. The molecule has 3 aromatic carbocycles. The van der Waals surface area contributed by atoms with E-state index in [4.69, 9.17) is 0 Å². The summed E-state index contributed by atoms with van der Waals surface area (Å²) < 4.78 is 31.4. The predicted molar refractivity (Wildman–Crippen MR) is 183 cm³/mol. The molecular formula is C37H37F2N3O4S. The lowest BCUT2D eigenvalue weighted by Gasteiger charge is -2.18. The van der Waals surface area contributed by atoms with Crippen LogP contribution in [-0.4, -0.2) is 39.9 Å². The van der Waals surface area contributed by atoms with E-state index in [1.165, 1.54) is 35.7 Å². The van der Waals surface area contributed by atoms with E-state index in [2.05, 4.69) is 10.2 Å². The molecule has 2 heterocycles. The molecule has 0 saturated heterocycles. The lowest BCUT2D eigenvalue weighted by molar-refractivity contribution is -0.120. The van der Waals surface area contributed by atoms with Gasteiger partial charge in [0.1, 0.15) is 16.5 Å². The van der Waals surface area contributed by atoms with Crippen LogP contribution in [-0.2, 0) is 24.4 Å². The molecule has 10 heteroatoms. The van der Waals surface area contributed by atoms with Gasteiger partial charge in [0, 0.05) is 41.3 Å². The molecule has 2 aromatic heterocycles. The Morgan fingerprint density at radius 3 is 2.19 bits per heavy atom. The van der Waals surface area contributed by atoms with Crippen molar-refractivity contribution in [3.05, 3.63) is 123 Å². The monoisotopic (exact) mass is 657 g/mol. The van der Waals surface area contributed by atoms with Crippen molar-refractivity contribution in [1.29, 1.82) is 0 Å². The van der Waals surface area contributed by atoms with Crippen molar-refractivity contribution in [3.63, 3.8) is 0 Å². The molecule has 0 aliphatic heterocycles. The molecule has 0 spiro atoms. The first kappa shape index (κ1) is 33.8. The van der Waals surface area contributed by atoms with Gasteiger partial charge in [-0.1, -0.05) is 69.3 Å². The van der Waals surface area contributed by atoms with Crippen LogP contribution in [0.4, 0.5) is 14.5 Å². The second-order valence-corrected chi connectivity index (χ2v) is 13.1. The summed E-state index contributed by atoms with van der Waals surface area (Å²) in [6.45, 7) is 5.48. The third-order valence-electron chi connectivity index (χ3n) is 8.05. The number of aromatic nitrogens is 1. The largest absolute Gasteiger partial charge is 0.396 e. The van der Waals surface area contributed by atoms with E-state index in [9.17, 15) is 28.3 Å². The molecular weight excluding hydrogens is 620 g/mol. The Morgan fingerprint density at radius 2 is 1.57 bits per heavy atom. The predicted octanol–water partition coefficient (Wildman–Crippen LogP) is 7.09. The highest BCUT2D eigenvalue weighted by Gasteiger charge is 2.26. The number of ketones is 1. The number of carbonyl (C=O) groups is 2. The smallest absolute Gasteiger partial charge is 0.229 e. The zero-order valence-corrected chi connectivity index (χ0v) is 27.5. The number of carbonyl (C=O) groups excluding carboxylic acids is 2. The molecule has 0 unspecified atom stereocenters. The number of pyridine rings is 1. The van der Waals surface area contributed by atoms with Crippen LogP contribution in [0.3, 0.4) is 0 Å². The van der Waals surface area contributed by atoms with E-state index in [1.807, 2.05) is 49.5 Å². The zero-order valence-electron chi connectivity index (χ0n) is 26.7. The Balaban J connectivity index is 1.70. The number of nitrogens with zero attached hydrogens (tertiary/aromatic N) is 2. The van der Waals surface area contributed by atoms with Crippen molar-refractivity contribution in [2.45, 2.75) is 40.4 Å². The first-order chi connectivity index (χ1) is 22.5. The first-order valence-corrected chi connectivity index (χ1v) is 16.2. The number of hydrogen-bond acceptors (Lipinski definition) is 6. The summed E-state index contributed by atoms with van der Waals surface area (Å²) in [6, 6.07) is 20.7. The molecule has 7 nitrogen and oxygen atoms in total. The molecule has 0 bridgehead atoms. The minimum Gasteiger partial charge on any atom is -0.396 e. The molecule has 5 rings (SSSR count). The van der Waals surface area contributed by atoms with Gasteiger partial charge in [-0.2, -0.15) is 0 Å². The summed E-state index contributed by atoms with van der Waals surface area (Å²) >= 11 is 1.31. The fraction of sp³-hybridized carbons (Fsp3) is 0.270. The third kappa shape index (κ3) is 7.40. The van der Waals surface area contributed by atoms with Crippen molar-refractivity contribution in [3.8, 4) is 10.4 Å². The zero-order chi connectivity index (χ0) is 33.8. The summed E-state index contributed by atoms with van der Waals surface area (Å²) in [6.07, 6.45) is 1.43. The minimum absolute atomic E-state index is 0.0309. The number of anilines is 1. The van der Waals surface area contributed by atoms with E-state index >= 15 is 0 Å². The van der Waals surface area contributed by atoms with Crippen LogP contribution in [0.15, 0.2) is 83.8 Å². The lowest BCUT2D eigenvalue weighted by Crippen LogP contribution is -2.24. The number of hydrogen-bond donors (Lipinski definition) is 2. The van der Waals surface area contributed by atoms with Gasteiger partial charge in [0.2, 0.25) is 11.3 Å². The Labute approximate surface area is 276 Å². The van der Waals surface area contributed by atoms with Crippen molar-refractivity contribution >= 4 is 38.9 Å². The molecule has 2 N–H and O–H groups in total. The van der Waals surface area contributed by atoms with E-state index in [-0.39, 0.29) is 36.0 Å². The molecule has 1 amide bonds. The summed E-state index contributed by atoms with van der Waals surface area (Å²) in [5.41, 5.74) is 2.46. The number of Topliss-reactive ketones (excluding diaryl/α,β-unsaturated/α-hetero) is 1. The third-order valence-corrected chi connectivity index (χ3v) is 9.36. The Morgan fingerprint density at radius 1 is 0.915 bits per heavy atom. The topological polar surface area (TPSA) is 91.6 Å². The van der Waals surface area contributed by atoms with E-state index in [0.29, 0.717) is 34.6 Å². The van der Waals surface area contributed by atoms with Gasteiger partial charge in [-0.05, 0) is 48.0 Å². The maximum atomic E-state index is 14.9. The fourth-order valence-electron chi connectivity index (χ4n) is 5.41. The molecule has 0 saturated carbocycles. The van der Waals surface area contributed by atoms with Crippen molar-refractivity contribution in [1.82, 2.24) is 9.47 Å². The number of amides is 1. The van der Waals surface area contributed by atoms with Crippen LogP contribution in [0, 0.1) is 23.5 Å². The van der Waals surface area contributed by atoms with Crippen LogP contribution in [0.25, 0.3) is 20.7 Å². The summed E-state index contributed by atoms with van der Waals surface area (Å²) in [4.78, 5) is 43.3. The quantitative estimate of drug-likeness (QED) is 0.140. The SMILES string of the molecule is CC(C)C(=O)c1cn(Cc2c(F)cccc2F)c2sc(-c3ccc(NC(=O)[C@H](C)CO)cc3)c(CN(C)Cc3ccccc3)c2c1=O. The average molecular weight is 658 g/mol. The number of fused-ring (bicyclic) bond motifs is 1.